The molecular weight excluding hydrogens is 1090 g/mol. The Kier molecular flexibility index (Phi) is 15.1. The van der Waals surface area contributed by atoms with Crippen LogP contribution in [0.2, 0.25) is 0 Å². The number of ether oxygens (including phenoxy) is 1. The molecule has 2 aliphatic rings. The number of aryl methyl sites for hydroxylation is 2. The third kappa shape index (κ3) is 11.5. The van der Waals surface area contributed by atoms with Crippen molar-refractivity contribution in [2.45, 2.75) is 40.5 Å². The van der Waals surface area contributed by atoms with Gasteiger partial charge in [0.25, 0.3) is 0 Å². The molecule has 0 amide bonds. The van der Waals surface area contributed by atoms with Crippen LogP contribution in [0.4, 0.5) is 23.3 Å². The Bertz CT molecular complexity index is 4630. The molecule has 0 aliphatic carbocycles. The van der Waals surface area contributed by atoms with E-state index in [9.17, 15) is 9.59 Å². The van der Waals surface area contributed by atoms with Crippen molar-refractivity contribution >= 4 is 82.5 Å². The summed E-state index contributed by atoms with van der Waals surface area (Å²) in [6.07, 6.45) is 6.21. The Balaban J connectivity index is 0.000000128. The minimum absolute atomic E-state index is 0.0106. The lowest BCUT2D eigenvalue weighted by Crippen LogP contribution is -2.36. The monoisotopic (exact) mass is 1150 g/mol. The summed E-state index contributed by atoms with van der Waals surface area (Å²) in [6.45, 7) is 18.2. The number of para-hydroxylation sites is 2. The van der Waals surface area contributed by atoms with Gasteiger partial charge >= 0.3 is 0 Å². The summed E-state index contributed by atoms with van der Waals surface area (Å²) >= 11 is 1.78. The highest BCUT2D eigenvalue weighted by atomic mass is 32.1. The van der Waals surface area contributed by atoms with Crippen LogP contribution in [0.3, 0.4) is 0 Å². The maximum atomic E-state index is 12.9. The number of H-pyrrole nitrogens is 1. The van der Waals surface area contributed by atoms with E-state index in [-0.39, 0.29) is 35.0 Å². The molecule has 1 atom stereocenters. The van der Waals surface area contributed by atoms with Gasteiger partial charge in [-0.05, 0) is 63.6 Å². The highest BCUT2D eigenvalue weighted by molar-refractivity contribution is 7.26. The van der Waals surface area contributed by atoms with Crippen LogP contribution in [0.15, 0.2) is 168 Å². The number of rotatable bonds is 11. The summed E-state index contributed by atoms with van der Waals surface area (Å²) in [7, 11) is 0. The lowest BCUT2D eigenvalue weighted by Gasteiger charge is -2.31. The van der Waals surface area contributed by atoms with Crippen LogP contribution in [-0.4, -0.2) is 107 Å². The summed E-state index contributed by atoms with van der Waals surface area (Å²) < 4.78 is 30.5. The molecule has 20 heteroatoms. The van der Waals surface area contributed by atoms with E-state index < -0.39 is 0 Å². The number of aromatic amines is 1. The number of morpholine rings is 1. The first kappa shape index (κ1) is 52.9. The number of carbonyl (C=O) groups excluding carboxylic acids is 1. The van der Waals surface area contributed by atoms with Crippen LogP contribution < -0.4 is 25.9 Å². The first-order valence-electron chi connectivity index (χ1n) is 28.8. The number of ketones is 1. The summed E-state index contributed by atoms with van der Waals surface area (Å²) in [4.78, 5) is 68.2. The topological polar surface area (TPSA) is 232 Å². The first-order chi connectivity index (χ1) is 42.3. The largest absolute Gasteiger partial charge is 0.440 e. The SMILES string of the molecule is C=C1CNc2ncc(-c3ccc(-c4ncn[nH]4)nc3C)nc2N1CC.O=c1cc(N2CCOCC2)oc2c(-c3cccc4c3sc3ccccc34)cccc12.[2H]c1nc(C)nc([2H])c1-c1cc(NC[C@@H](C)c2cccc3c(C(C)=O)ccnc23)ncn1. The predicted octanol–water partition coefficient (Wildman–Crippen LogP) is 12.3. The number of aromatic nitrogens is 11. The minimum atomic E-state index is -0.0383. The smallest absolute Gasteiger partial charge is 0.200 e. The Morgan fingerprint density at radius 1 is 0.800 bits per heavy atom. The Morgan fingerprint density at radius 3 is 2.36 bits per heavy atom. The van der Waals surface area contributed by atoms with Gasteiger partial charge in [-0.1, -0.05) is 80.2 Å². The maximum absolute atomic E-state index is 12.9. The average molecular weight is 1150 g/mol. The predicted molar refractivity (Wildman–Crippen MR) is 336 cm³/mol. The number of pyridine rings is 2. The number of nitrogens with zero attached hydrogens (tertiary/aromatic N) is 12. The molecule has 2 aliphatic heterocycles. The van der Waals surface area contributed by atoms with Crippen molar-refractivity contribution in [2.75, 3.05) is 66.4 Å². The Morgan fingerprint density at radius 2 is 1.58 bits per heavy atom. The molecule has 424 valence electrons. The van der Waals surface area contributed by atoms with Crippen molar-refractivity contribution in [1.82, 2.24) is 55.1 Å². The molecule has 0 unspecified atom stereocenters. The summed E-state index contributed by atoms with van der Waals surface area (Å²) in [5, 5.41) is 17.2. The summed E-state index contributed by atoms with van der Waals surface area (Å²) in [5.74, 6) is 3.87. The molecular formula is C65H59N15O4S. The highest BCUT2D eigenvalue weighted by Crippen LogP contribution is 2.42. The molecule has 85 heavy (non-hydrogen) atoms. The number of thiophene rings is 1. The van der Waals surface area contributed by atoms with E-state index in [2.05, 4.69) is 133 Å². The van der Waals surface area contributed by atoms with Crippen LogP contribution >= 0.6 is 11.3 Å². The number of Topliss-reactive ketones (excluding diaryl/α,β-unsaturated/α-hetero) is 1. The average Bonchev–Trinajstić information content (AvgIpc) is 2.14. The quantitative estimate of drug-likeness (QED) is 0.102. The molecule has 10 heterocycles. The number of carbonyl (C=O) groups is 1. The second-order valence-electron chi connectivity index (χ2n) is 20.4. The molecule has 1 saturated heterocycles. The second kappa shape index (κ2) is 24.3. The summed E-state index contributed by atoms with van der Waals surface area (Å²) in [5.41, 5.74) is 10.2. The Labute approximate surface area is 495 Å². The van der Waals surface area contributed by atoms with Gasteiger partial charge in [0.15, 0.2) is 34.6 Å². The zero-order valence-electron chi connectivity index (χ0n) is 49.3. The molecule has 19 nitrogen and oxygen atoms in total. The number of likely N-dealkylation sites (N-methyl/N-ethyl adjacent to an activating group) is 1. The van der Waals surface area contributed by atoms with Crippen molar-refractivity contribution in [3.05, 3.63) is 192 Å². The van der Waals surface area contributed by atoms with Crippen LogP contribution in [-0.2, 0) is 4.74 Å². The molecule has 1 fully saturated rings. The third-order valence-electron chi connectivity index (χ3n) is 14.8. The Hall–Kier alpha value is -10.2. The van der Waals surface area contributed by atoms with Gasteiger partial charge in [0.05, 0.1) is 51.0 Å². The molecule has 3 N–H and O–H groups in total. The van der Waals surface area contributed by atoms with E-state index in [1.807, 2.05) is 55.5 Å². The van der Waals surface area contributed by atoms with Gasteiger partial charge in [-0.2, -0.15) is 5.10 Å². The van der Waals surface area contributed by atoms with Crippen molar-refractivity contribution in [2.24, 2.45) is 0 Å². The van der Waals surface area contributed by atoms with Crippen molar-refractivity contribution in [3.8, 4) is 45.2 Å². The lowest BCUT2D eigenvalue weighted by atomic mass is 9.95. The van der Waals surface area contributed by atoms with E-state index in [4.69, 9.17) is 16.9 Å². The van der Waals surface area contributed by atoms with Crippen LogP contribution in [0.1, 0.15) is 56.9 Å². The standard InChI is InChI=1S/C25H19NO3S.C23H22N6O.C17H18N8/c27-21-15-23(26-11-13-28-14-12-26)29-24-17(6-3-9-20(21)24)19-8-4-7-18-16-5-1-2-10-22(16)30-25(18)19;1-14(18-5-4-6-20-19(15(2)30)7-8-24-23(18)20)10-27-22-9-21(28-13-29-22)17-11-25-16(3)26-12-17;1-4-25-10(2)7-18-16-17(25)23-14(8-19-16)12-5-6-13(22-11(12)3)15-20-9-21-24-15/h1-10,15H,11-14H2;4-9,11-14H,10H2,1-3H3,(H,27,28,29);5-6,8-9H,2,4,7H2,1,3H3,(H,18,19)(H,20,21,24)/t;14-;/m.1./s1/i;11D,12D;. The van der Waals surface area contributed by atoms with E-state index in [1.165, 1.54) is 32.8 Å². The second-order valence-corrected chi connectivity index (χ2v) is 21.4. The number of nitrogens with one attached hydrogen (secondary N) is 3. The normalized spacial score (nSPS) is 13.7. The molecule has 0 spiro atoms. The van der Waals surface area contributed by atoms with E-state index in [0.29, 0.717) is 71.9 Å². The molecule has 0 bridgehead atoms. The van der Waals surface area contributed by atoms with Gasteiger partial charge in [0.1, 0.15) is 35.6 Å². The number of benzene rings is 4. The first-order valence-corrected chi connectivity index (χ1v) is 28.6. The third-order valence-corrected chi connectivity index (χ3v) is 16.0. The van der Waals surface area contributed by atoms with Crippen molar-refractivity contribution in [3.63, 3.8) is 0 Å². The van der Waals surface area contributed by atoms with Crippen LogP contribution in [0, 0.1) is 13.8 Å². The number of fused-ring (bicyclic) bond motifs is 6. The van der Waals surface area contributed by atoms with E-state index >= 15 is 0 Å². The maximum Gasteiger partial charge on any atom is 0.200 e. The molecule has 0 saturated carbocycles. The zero-order chi connectivity index (χ0) is 60.3. The van der Waals surface area contributed by atoms with E-state index in [1.54, 1.807) is 55.8 Å². The molecule has 14 rings (SSSR count). The van der Waals surface area contributed by atoms with Gasteiger partial charge in [-0.15, -0.1) is 11.3 Å². The fourth-order valence-electron chi connectivity index (χ4n) is 10.5. The van der Waals surface area contributed by atoms with Crippen molar-refractivity contribution < 1.29 is 16.7 Å². The summed E-state index contributed by atoms with van der Waals surface area (Å²) in [6, 6.07) is 35.5. The minimum Gasteiger partial charge on any atom is -0.440 e. The van der Waals surface area contributed by atoms with Gasteiger partial charge in [-0.25, -0.2) is 39.9 Å². The number of anilines is 4. The molecule has 0 radical (unpaired) electrons. The van der Waals surface area contributed by atoms with Gasteiger partial charge < -0.3 is 29.6 Å². The number of hydrogen-bond acceptors (Lipinski definition) is 19. The van der Waals surface area contributed by atoms with Gasteiger partial charge in [0.2, 0.25) is 0 Å². The lowest BCUT2D eigenvalue weighted by molar-refractivity contribution is 0.101. The van der Waals surface area contributed by atoms with Crippen LogP contribution in [0.5, 0.6) is 0 Å². The van der Waals surface area contributed by atoms with E-state index in [0.717, 1.165) is 87.2 Å². The van der Waals surface area contributed by atoms with Gasteiger partial charge in [0, 0.05) is 128 Å². The molecule has 4 aromatic carbocycles. The fraction of sp³-hybridized carbons (Fsp3) is 0.200. The molecule has 8 aromatic heterocycles. The van der Waals surface area contributed by atoms with Gasteiger partial charge in [-0.3, -0.25) is 19.7 Å². The zero-order valence-corrected chi connectivity index (χ0v) is 48.2. The highest BCUT2D eigenvalue weighted by Gasteiger charge is 2.24. The fourth-order valence-corrected chi connectivity index (χ4v) is 11.7. The van der Waals surface area contributed by atoms with Crippen molar-refractivity contribution in [1.29, 1.82) is 0 Å². The molecule has 12 aromatic rings. The number of hydrogen-bond donors (Lipinski definition) is 3. The van der Waals surface area contributed by atoms with Crippen LogP contribution in [0.25, 0.3) is 87.2 Å².